The number of rotatable bonds is 4. The number of carbonyl (C=O) groups excluding carboxylic acids is 1. The average molecular weight is 230 g/mol. The Balaban J connectivity index is 2.62. The number of hydrogen-bond donors (Lipinski definition) is 2. The molecule has 0 radical (unpaired) electrons. The summed E-state index contributed by atoms with van der Waals surface area (Å²) < 4.78 is 0. The SMILES string of the molecule is C#CCNC(=O)[C@H](C)Nc1ccc(C)c(C)c1. The van der Waals surface area contributed by atoms with Crippen LogP contribution in [0.5, 0.6) is 0 Å². The van der Waals surface area contributed by atoms with Gasteiger partial charge >= 0.3 is 0 Å². The fraction of sp³-hybridized carbons (Fsp3) is 0.357. The third-order valence-corrected chi connectivity index (χ3v) is 2.65. The lowest BCUT2D eigenvalue weighted by Crippen LogP contribution is -2.37. The zero-order valence-corrected chi connectivity index (χ0v) is 10.5. The summed E-state index contributed by atoms with van der Waals surface area (Å²) in [6, 6.07) is 5.72. The summed E-state index contributed by atoms with van der Waals surface area (Å²) in [7, 11) is 0. The molecular weight excluding hydrogens is 212 g/mol. The van der Waals surface area contributed by atoms with Crippen molar-refractivity contribution < 1.29 is 4.79 Å². The largest absolute Gasteiger partial charge is 0.374 e. The van der Waals surface area contributed by atoms with Gasteiger partial charge in [-0.2, -0.15) is 0 Å². The maximum atomic E-state index is 11.6. The van der Waals surface area contributed by atoms with Crippen molar-refractivity contribution in [1.82, 2.24) is 5.32 Å². The minimum Gasteiger partial charge on any atom is -0.374 e. The maximum Gasteiger partial charge on any atom is 0.242 e. The van der Waals surface area contributed by atoms with E-state index >= 15 is 0 Å². The summed E-state index contributed by atoms with van der Waals surface area (Å²) in [6.45, 7) is 6.17. The fourth-order valence-corrected chi connectivity index (χ4v) is 1.44. The smallest absolute Gasteiger partial charge is 0.242 e. The number of amides is 1. The molecule has 0 saturated heterocycles. The van der Waals surface area contributed by atoms with E-state index in [-0.39, 0.29) is 18.5 Å². The number of aryl methyl sites for hydroxylation is 2. The molecule has 3 heteroatoms. The Hall–Kier alpha value is -1.95. The van der Waals surface area contributed by atoms with Gasteiger partial charge in [0.05, 0.1) is 6.54 Å². The first-order chi connectivity index (χ1) is 8.04. The van der Waals surface area contributed by atoms with E-state index in [2.05, 4.69) is 23.5 Å². The molecular formula is C14H18N2O. The van der Waals surface area contributed by atoms with Crippen LogP contribution in [0.2, 0.25) is 0 Å². The summed E-state index contributed by atoms with van der Waals surface area (Å²) in [5, 5.41) is 5.78. The molecule has 0 heterocycles. The first-order valence-electron chi connectivity index (χ1n) is 5.59. The second-order valence-electron chi connectivity index (χ2n) is 4.09. The van der Waals surface area contributed by atoms with Crippen LogP contribution in [0.15, 0.2) is 18.2 Å². The lowest BCUT2D eigenvalue weighted by molar-refractivity contribution is -0.121. The molecule has 1 atom stereocenters. The van der Waals surface area contributed by atoms with E-state index in [1.54, 1.807) is 6.92 Å². The van der Waals surface area contributed by atoms with E-state index < -0.39 is 0 Å². The molecule has 0 aliphatic rings. The predicted octanol–water partition coefficient (Wildman–Crippen LogP) is 1.85. The third-order valence-electron chi connectivity index (χ3n) is 2.65. The summed E-state index contributed by atoms with van der Waals surface area (Å²) >= 11 is 0. The van der Waals surface area contributed by atoms with Gasteiger partial charge in [0.25, 0.3) is 0 Å². The third kappa shape index (κ3) is 3.84. The van der Waals surface area contributed by atoms with E-state index in [9.17, 15) is 4.79 Å². The molecule has 1 amide bonds. The molecule has 0 spiro atoms. The summed E-state index contributed by atoms with van der Waals surface area (Å²) in [5.74, 6) is 2.28. The highest BCUT2D eigenvalue weighted by Crippen LogP contribution is 2.14. The van der Waals surface area contributed by atoms with Crippen LogP contribution in [-0.4, -0.2) is 18.5 Å². The highest BCUT2D eigenvalue weighted by atomic mass is 16.2. The molecule has 3 nitrogen and oxygen atoms in total. The van der Waals surface area contributed by atoms with Gasteiger partial charge < -0.3 is 10.6 Å². The quantitative estimate of drug-likeness (QED) is 0.775. The molecule has 0 aliphatic carbocycles. The number of benzene rings is 1. The fourth-order valence-electron chi connectivity index (χ4n) is 1.44. The Morgan fingerprint density at radius 1 is 1.41 bits per heavy atom. The summed E-state index contributed by atoms with van der Waals surface area (Å²) in [5.41, 5.74) is 3.38. The molecule has 0 bridgehead atoms. The van der Waals surface area contributed by atoms with E-state index in [1.165, 1.54) is 11.1 Å². The van der Waals surface area contributed by atoms with E-state index in [4.69, 9.17) is 6.42 Å². The van der Waals surface area contributed by atoms with Gasteiger partial charge in [0.1, 0.15) is 6.04 Å². The molecule has 0 aromatic heterocycles. The van der Waals surface area contributed by atoms with Crippen molar-refractivity contribution in [2.24, 2.45) is 0 Å². The van der Waals surface area contributed by atoms with Crippen molar-refractivity contribution in [3.8, 4) is 12.3 Å². The molecule has 17 heavy (non-hydrogen) atoms. The van der Waals surface area contributed by atoms with Crippen LogP contribution in [0.4, 0.5) is 5.69 Å². The standard InChI is InChI=1S/C14H18N2O/c1-5-8-15-14(17)12(4)16-13-7-6-10(2)11(3)9-13/h1,6-7,9,12,16H,8H2,2-4H3,(H,15,17)/t12-/m0/s1. The lowest BCUT2D eigenvalue weighted by Gasteiger charge is -2.15. The van der Waals surface area contributed by atoms with E-state index in [0.717, 1.165) is 5.69 Å². The van der Waals surface area contributed by atoms with Gasteiger partial charge in [-0.1, -0.05) is 12.0 Å². The summed E-state index contributed by atoms with van der Waals surface area (Å²) in [6.07, 6.45) is 5.08. The molecule has 1 aromatic carbocycles. The summed E-state index contributed by atoms with van der Waals surface area (Å²) in [4.78, 5) is 11.6. The van der Waals surface area contributed by atoms with Crippen molar-refractivity contribution in [1.29, 1.82) is 0 Å². The van der Waals surface area contributed by atoms with Crippen LogP contribution in [0.25, 0.3) is 0 Å². The molecule has 0 unspecified atom stereocenters. The molecule has 0 saturated carbocycles. The molecule has 90 valence electrons. The van der Waals surface area contributed by atoms with Gasteiger partial charge in [-0.3, -0.25) is 4.79 Å². The molecule has 1 rings (SSSR count). The van der Waals surface area contributed by atoms with Gasteiger partial charge in [-0.25, -0.2) is 0 Å². The monoisotopic (exact) mass is 230 g/mol. The lowest BCUT2D eigenvalue weighted by atomic mass is 10.1. The van der Waals surface area contributed by atoms with Crippen molar-refractivity contribution >= 4 is 11.6 Å². The Morgan fingerprint density at radius 2 is 2.12 bits per heavy atom. The number of terminal acetylenes is 1. The first kappa shape index (κ1) is 13.1. The van der Waals surface area contributed by atoms with Crippen molar-refractivity contribution in [2.75, 3.05) is 11.9 Å². The molecule has 2 N–H and O–H groups in total. The van der Waals surface area contributed by atoms with Crippen LogP contribution in [0.1, 0.15) is 18.1 Å². The van der Waals surface area contributed by atoms with Crippen LogP contribution >= 0.6 is 0 Å². The van der Waals surface area contributed by atoms with Gasteiger partial charge in [-0.15, -0.1) is 6.42 Å². The average Bonchev–Trinajstić information content (AvgIpc) is 2.30. The topological polar surface area (TPSA) is 41.1 Å². The Kier molecular flexibility index (Phi) is 4.59. The maximum absolute atomic E-state index is 11.6. The number of nitrogens with one attached hydrogen (secondary N) is 2. The second-order valence-corrected chi connectivity index (χ2v) is 4.09. The van der Waals surface area contributed by atoms with Crippen LogP contribution in [0, 0.1) is 26.2 Å². The predicted molar refractivity (Wildman–Crippen MR) is 70.8 cm³/mol. The Bertz CT molecular complexity index is 446. The zero-order valence-electron chi connectivity index (χ0n) is 10.5. The van der Waals surface area contributed by atoms with Crippen LogP contribution < -0.4 is 10.6 Å². The highest BCUT2D eigenvalue weighted by molar-refractivity contribution is 5.84. The minimum atomic E-state index is -0.301. The van der Waals surface area contributed by atoms with Crippen molar-refractivity contribution in [3.63, 3.8) is 0 Å². The number of carbonyl (C=O) groups is 1. The van der Waals surface area contributed by atoms with Gasteiger partial charge in [-0.05, 0) is 44.0 Å². The van der Waals surface area contributed by atoms with Crippen LogP contribution in [-0.2, 0) is 4.79 Å². The normalized spacial score (nSPS) is 11.4. The zero-order chi connectivity index (χ0) is 12.8. The van der Waals surface area contributed by atoms with Gasteiger partial charge in [0.15, 0.2) is 0 Å². The van der Waals surface area contributed by atoms with E-state index in [0.29, 0.717) is 0 Å². The number of anilines is 1. The van der Waals surface area contributed by atoms with Crippen molar-refractivity contribution in [3.05, 3.63) is 29.3 Å². The molecule has 1 aromatic rings. The van der Waals surface area contributed by atoms with Gasteiger partial charge in [0.2, 0.25) is 5.91 Å². The molecule has 0 aliphatic heterocycles. The van der Waals surface area contributed by atoms with E-state index in [1.807, 2.05) is 25.1 Å². The molecule has 0 fully saturated rings. The number of hydrogen-bond acceptors (Lipinski definition) is 2. The Morgan fingerprint density at radius 3 is 2.71 bits per heavy atom. The highest BCUT2D eigenvalue weighted by Gasteiger charge is 2.11. The minimum absolute atomic E-state index is 0.0961. The van der Waals surface area contributed by atoms with Gasteiger partial charge in [0, 0.05) is 5.69 Å². The second kappa shape index (κ2) is 5.95. The van der Waals surface area contributed by atoms with Crippen LogP contribution in [0.3, 0.4) is 0 Å². The Labute approximate surface area is 103 Å². The first-order valence-corrected chi connectivity index (χ1v) is 5.59. The van der Waals surface area contributed by atoms with Crippen molar-refractivity contribution in [2.45, 2.75) is 26.8 Å².